The molecule has 0 spiro atoms. The summed E-state index contributed by atoms with van der Waals surface area (Å²) in [6, 6.07) is 5.40. The number of amides is 1. The zero-order chi connectivity index (χ0) is 13.7. The number of hydrazine groups is 1. The summed E-state index contributed by atoms with van der Waals surface area (Å²) < 4.78 is 5.61. The molecule has 6 nitrogen and oxygen atoms in total. The predicted molar refractivity (Wildman–Crippen MR) is 71.2 cm³/mol. The number of rotatable bonds is 3. The van der Waals surface area contributed by atoms with Crippen molar-refractivity contribution in [3.05, 3.63) is 29.6 Å². The number of nitrogens with two attached hydrogens (primary N) is 1. The first-order chi connectivity index (χ1) is 9.19. The summed E-state index contributed by atoms with van der Waals surface area (Å²) in [5, 5.41) is 0. The maximum Gasteiger partial charge on any atom is 0.283 e. The highest BCUT2D eigenvalue weighted by molar-refractivity contribution is 5.91. The number of nitrogens with zero attached hydrogens (tertiary/aromatic N) is 2. The van der Waals surface area contributed by atoms with E-state index >= 15 is 0 Å². The number of hydrogen-bond donors (Lipinski definition) is 2. The lowest BCUT2D eigenvalue weighted by molar-refractivity contribution is 0.0666. The van der Waals surface area contributed by atoms with Gasteiger partial charge in [-0.05, 0) is 25.5 Å². The first-order valence-electron chi connectivity index (χ1n) is 6.50. The molecule has 2 heterocycles. The van der Waals surface area contributed by atoms with Crippen LogP contribution in [0.4, 0.5) is 0 Å². The number of aromatic nitrogens is 1. The lowest BCUT2D eigenvalue weighted by Gasteiger charge is -2.21. The van der Waals surface area contributed by atoms with E-state index in [4.69, 9.17) is 10.6 Å². The first kappa shape index (κ1) is 13.9. The molecule has 1 aromatic rings. The molecule has 1 aromatic heterocycles. The van der Waals surface area contributed by atoms with Gasteiger partial charge in [0.15, 0.2) is 0 Å². The Morgan fingerprint density at radius 2 is 2.47 bits per heavy atom. The summed E-state index contributed by atoms with van der Waals surface area (Å²) in [7, 11) is 0. The number of nitrogen functional groups attached to an aromatic ring is 1. The third-order valence-electron chi connectivity index (χ3n) is 3.09. The fourth-order valence-electron chi connectivity index (χ4n) is 2.22. The average molecular weight is 264 g/mol. The van der Waals surface area contributed by atoms with Crippen LogP contribution in [0.25, 0.3) is 0 Å². The minimum Gasteiger partial charge on any atom is -0.377 e. The van der Waals surface area contributed by atoms with Crippen molar-refractivity contribution in [3.8, 4) is 0 Å². The Hall–Kier alpha value is -1.50. The van der Waals surface area contributed by atoms with Crippen LogP contribution in [0, 0.1) is 0 Å². The number of pyridine rings is 1. The summed E-state index contributed by atoms with van der Waals surface area (Å²) in [6.07, 6.45) is 1.26. The van der Waals surface area contributed by atoms with Gasteiger partial charge in [0.2, 0.25) is 0 Å². The van der Waals surface area contributed by atoms with E-state index in [2.05, 4.69) is 22.2 Å². The fraction of sp³-hybridized carbons (Fsp3) is 0.538. The highest BCUT2D eigenvalue weighted by atomic mass is 16.5. The van der Waals surface area contributed by atoms with Crippen LogP contribution in [0.2, 0.25) is 0 Å². The minimum absolute atomic E-state index is 0.234. The molecule has 0 aliphatic carbocycles. The molecule has 1 aliphatic rings. The Balaban J connectivity index is 2.03. The van der Waals surface area contributed by atoms with Crippen LogP contribution >= 0.6 is 0 Å². The van der Waals surface area contributed by atoms with Gasteiger partial charge in [-0.1, -0.05) is 6.07 Å². The van der Waals surface area contributed by atoms with Gasteiger partial charge in [-0.2, -0.15) is 0 Å². The van der Waals surface area contributed by atoms with E-state index < -0.39 is 0 Å². The molecule has 19 heavy (non-hydrogen) atoms. The quantitative estimate of drug-likeness (QED) is 0.466. The van der Waals surface area contributed by atoms with Gasteiger partial charge >= 0.3 is 0 Å². The fourth-order valence-corrected chi connectivity index (χ4v) is 2.22. The van der Waals surface area contributed by atoms with Crippen LogP contribution < -0.4 is 11.3 Å². The molecule has 0 bridgehead atoms. The van der Waals surface area contributed by atoms with Gasteiger partial charge < -0.3 is 4.74 Å². The molecule has 1 aliphatic heterocycles. The smallest absolute Gasteiger partial charge is 0.283 e. The molecule has 2 rings (SSSR count). The Labute approximate surface area is 112 Å². The maximum absolute atomic E-state index is 11.4. The highest BCUT2D eigenvalue weighted by Crippen LogP contribution is 2.10. The molecule has 0 radical (unpaired) electrons. The second-order valence-corrected chi connectivity index (χ2v) is 4.76. The van der Waals surface area contributed by atoms with Gasteiger partial charge in [-0.15, -0.1) is 0 Å². The van der Waals surface area contributed by atoms with Crippen LogP contribution in [0.15, 0.2) is 18.2 Å². The van der Waals surface area contributed by atoms with E-state index in [1.54, 1.807) is 6.07 Å². The summed E-state index contributed by atoms with van der Waals surface area (Å²) in [6.45, 7) is 5.47. The molecule has 0 saturated carbocycles. The van der Waals surface area contributed by atoms with Gasteiger partial charge in [0, 0.05) is 26.2 Å². The minimum atomic E-state index is -0.366. The van der Waals surface area contributed by atoms with Gasteiger partial charge in [-0.25, -0.2) is 10.8 Å². The summed E-state index contributed by atoms with van der Waals surface area (Å²) >= 11 is 0. The predicted octanol–water partition coefficient (Wildman–Crippen LogP) is 0.296. The number of carbonyl (C=O) groups is 1. The van der Waals surface area contributed by atoms with Crippen LogP contribution in [-0.2, 0) is 11.3 Å². The molecule has 0 aromatic carbocycles. The molecule has 104 valence electrons. The van der Waals surface area contributed by atoms with E-state index in [9.17, 15) is 4.79 Å². The Kier molecular flexibility index (Phi) is 4.84. The molecular weight excluding hydrogens is 244 g/mol. The molecule has 3 N–H and O–H groups in total. The first-order valence-corrected chi connectivity index (χ1v) is 6.50. The van der Waals surface area contributed by atoms with E-state index in [1.165, 1.54) is 0 Å². The number of carbonyl (C=O) groups excluding carboxylic acids is 1. The third kappa shape index (κ3) is 3.99. The summed E-state index contributed by atoms with van der Waals surface area (Å²) in [4.78, 5) is 18.0. The van der Waals surface area contributed by atoms with Gasteiger partial charge in [0.1, 0.15) is 5.69 Å². The zero-order valence-electron chi connectivity index (χ0n) is 11.1. The largest absolute Gasteiger partial charge is 0.377 e. The lowest BCUT2D eigenvalue weighted by Crippen LogP contribution is -2.32. The van der Waals surface area contributed by atoms with Gasteiger partial charge in [-0.3, -0.25) is 15.1 Å². The third-order valence-corrected chi connectivity index (χ3v) is 3.09. The molecule has 1 amide bonds. The highest BCUT2D eigenvalue weighted by Gasteiger charge is 2.16. The van der Waals surface area contributed by atoms with Crippen LogP contribution in [-0.4, -0.2) is 41.6 Å². The Bertz CT molecular complexity index is 438. The second kappa shape index (κ2) is 6.60. The van der Waals surface area contributed by atoms with E-state index in [1.807, 2.05) is 12.1 Å². The van der Waals surface area contributed by atoms with E-state index in [-0.39, 0.29) is 12.0 Å². The normalized spacial score (nSPS) is 20.8. The van der Waals surface area contributed by atoms with E-state index in [0.29, 0.717) is 5.69 Å². The van der Waals surface area contributed by atoms with Crippen molar-refractivity contribution in [1.29, 1.82) is 0 Å². The number of hydrogen-bond acceptors (Lipinski definition) is 5. The molecular formula is C13H20N4O2. The van der Waals surface area contributed by atoms with Gasteiger partial charge in [0.25, 0.3) is 5.91 Å². The van der Waals surface area contributed by atoms with Crippen molar-refractivity contribution in [2.75, 3.05) is 19.7 Å². The van der Waals surface area contributed by atoms with E-state index in [0.717, 1.165) is 38.4 Å². The zero-order valence-corrected chi connectivity index (χ0v) is 11.1. The summed E-state index contributed by atoms with van der Waals surface area (Å²) in [5.74, 6) is 4.74. The molecule has 1 fully saturated rings. The van der Waals surface area contributed by atoms with Crippen LogP contribution in [0.3, 0.4) is 0 Å². The monoisotopic (exact) mass is 264 g/mol. The molecule has 1 atom stereocenters. The topological polar surface area (TPSA) is 80.5 Å². The Morgan fingerprint density at radius 1 is 1.63 bits per heavy atom. The number of ether oxygens (including phenoxy) is 1. The average Bonchev–Trinajstić information content (AvgIpc) is 2.62. The molecule has 1 saturated heterocycles. The Morgan fingerprint density at radius 3 is 3.26 bits per heavy atom. The second-order valence-electron chi connectivity index (χ2n) is 4.76. The van der Waals surface area contributed by atoms with Crippen molar-refractivity contribution in [2.24, 2.45) is 5.84 Å². The van der Waals surface area contributed by atoms with Crippen LogP contribution in [0.1, 0.15) is 29.5 Å². The SMILES string of the molecule is CC1CN(Cc2cccc(C(=O)NN)n2)CCCO1. The van der Waals surface area contributed by atoms with Crippen LogP contribution in [0.5, 0.6) is 0 Å². The van der Waals surface area contributed by atoms with Crippen molar-refractivity contribution in [1.82, 2.24) is 15.3 Å². The van der Waals surface area contributed by atoms with Gasteiger partial charge in [0.05, 0.1) is 11.8 Å². The van der Waals surface area contributed by atoms with Crippen molar-refractivity contribution in [3.63, 3.8) is 0 Å². The maximum atomic E-state index is 11.4. The lowest BCUT2D eigenvalue weighted by atomic mass is 10.2. The molecule has 6 heteroatoms. The van der Waals surface area contributed by atoms with Crippen molar-refractivity contribution >= 4 is 5.91 Å². The summed E-state index contributed by atoms with van der Waals surface area (Å²) in [5.41, 5.74) is 3.31. The van der Waals surface area contributed by atoms with Crippen molar-refractivity contribution in [2.45, 2.75) is 26.0 Å². The molecule has 1 unspecified atom stereocenters. The number of nitrogens with one attached hydrogen (secondary N) is 1. The standard InChI is InChI=1S/C13H20N4O2/c1-10-8-17(6-3-7-19-10)9-11-4-2-5-12(15-11)13(18)16-14/h2,4-5,10H,3,6-9,14H2,1H3,(H,16,18). The van der Waals surface area contributed by atoms with Crippen molar-refractivity contribution < 1.29 is 9.53 Å².